The molecule has 3 heterocycles. The van der Waals surface area contributed by atoms with Gasteiger partial charge >= 0.3 is 5.69 Å². The Morgan fingerprint density at radius 1 is 1.09 bits per heavy atom. The molecule has 0 amide bonds. The van der Waals surface area contributed by atoms with Crippen LogP contribution in [0.2, 0.25) is 0 Å². The number of H-pyrrole nitrogens is 2. The van der Waals surface area contributed by atoms with Gasteiger partial charge in [-0.2, -0.15) is 0 Å². The normalized spacial score (nSPS) is 11.6. The van der Waals surface area contributed by atoms with E-state index in [1.165, 1.54) is 16.3 Å². The first kappa shape index (κ1) is 22.1. The van der Waals surface area contributed by atoms with Crippen molar-refractivity contribution in [3.05, 3.63) is 68.4 Å². The molecule has 0 saturated heterocycles. The number of aryl methyl sites for hydroxylation is 1. The van der Waals surface area contributed by atoms with Gasteiger partial charge in [-0.15, -0.1) is 5.10 Å². The standard InChI is InChI=1S/C22H27N7O2S/c1-4-5-11-28-16(13-32-21-24-18(14(2)3)26-27-21)23-19-17(28)20(30)25-22(31)29(19)12-15-9-7-6-8-10-15/h6-10,14H,4-5,11-13H2,1-3H3,(H,24,26,27)(H,25,30,31). The van der Waals surface area contributed by atoms with E-state index in [9.17, 15) is 9.59 Å². The minimum atomic E-state index is -0.457. The van der Waals surface area contributed by atoms with Crippen LogP contribution >= 0.6 is 11.8 Å². The number of nitrogens with one attached hydrogen (secondary N) is 2. The van der Waals surface area contributed by atoms with Crippen molar-refractivity contribution in [1.82, 2.24) is 34.3 Å². The SMILES string of the molecule is CCCCn1c(CSc2n[nH]c(C(C)C)n2)nc2c1c(=O)[nH]c(=O)n2Cc1ccccc1. The molecule has 0 aliphatic rings. The molecule has 168 valence electrons. The van der Waals surface area contributed by atoms with E-state index in [2.05, 4.69) is 40.9 Å². The first-order valence-electron chi connectivity index (χ1n) is 10.8. The predicted molar refractivity (Wildman–Crippen MR) is 125 cm³/mol. The molecule has 0 bridgehead atoms. The second-order valence-electron chi connectivity index (χ2n) is 7.98. The molecule has 32 heavy (non-hydrogen) atoms. The first-order chi connectivity index (χ1) is 15.5. The molecular formula is C22H27N7O2S. The molecule has 0 aliphatic carbocycles. The van der Waals surface area contributed by atoms with Gasteiger partial charge in [0.1, 0.15) is 11.6 Å². The lowest BCUT2D eigenvalue weighted by molar-refractivity contribution is 0.626. The Hall–Kier alpha value is -3.14. The van der Waals surface area contributed by atoms with Crippen LogP contribution in [0.5, 0.6) is 0 Å². The van der Waals surface area contributed by atoms with E-state index >= 15 is 0 Å². The lowest BCUT2D eigenvalue weighted by Crippen LogP contribution is -2.31. The molecule has 4 aromatic rings. The second kappa shape index (κ2) is 9.56. The Kier molecular flexibility index (Phi) is 6.59. The number of aromatic amines is 2. The predicted octanol–water partition coefficient (Wildman–Crippen LogP) is 3.27. The van der Waals surface area contributed by atoms with E-state index in [0.29, 0.717) is 35.2 Å². The smallest absolute Gasteiger partial charge is 0.321 e. The second-order valence-corrected chi connectivity index (χ2v) is 8.93. The molecule has 0 aliphatic heterocycles. The van der Waals surface area contributed by atoms with Crippen LogP contribution in [0, 0.1) is 0 Å². The van der Waals surface area contributed by atoms with Crippen LogP contribution < -0.4 is 11.2 Å². The maximum absolute atomic E-state index is 12.8. The maximum atomic E-state index is 12.8. The third-order valence-electron chi connectivity index (χ3n) is 5.24. The number of hydrogen-bond acceptors (Lipinski definition) is 6. The summed E-state index contributed by atoms with van der Waals surface area (Å²) in [5, 5.41) is 7.87. The monoisotopic (exact) mass is 453 g/mol. The lowest BCUT2D eigenvalue weighted by Gasteiger charge is -2.08. The fourth-order valence-corrected chi connectivity index (χ4v) is 4.26. The van der Waals surface area contributed by atoms with Crippen LogP contribution in [-0.2, 0) is 18.8 Å². The topological polar surface area (TPSA) is 114 Å². The lowest BCUT2D eigenvalue weighted by atomic mass is 10.2. The van der Waals surface area contributed by atoms with Gasteiger partial charge in [0.2, 0.25) is 5.16 Å². The van der Waals surface area contributed by atoms with Crippen molar-refractivity contribution in [2.24, 2.45) is 0 Å². The van der Waals surface area contributed by atoms with Crippen molar-refractivity contribution >= 4 is 22.9 Å². The summed E-state index contributed by atoms with van der Waals surface area (Å²) >= 11 is 1.46. The molecule has 0 saturated carbocycles. The number of fused-ring (bicyclic) bond motifs is 1. The number of aromatic nitrogens is 7. The van der Waals surface area contributed by atoms with E-state index in [1.807, 2.05) is 34.9 Å². The Morgan fingerprint density at radius 3 is 2.56 bits per heavy atom. The van der Waals surface area contributed by atoms with Crippen molar-refractivity contribution in [3.63, 3.8) is 0 Å². The van der Waals surface area contributed by atoms with Crippen LogP contribution in [0.15, 0.2) is 45.1 Å². The molecule has 0 atom stereocenters. The molecule has 10 heteroatoms. The van der Waals surface area contributed by atoms with Crippen LogP contribution in [0.4, 0.5) is 0 Å². The molecular weight excluding hydrogens is 426 g/mol. The number of benzene rings is 1. The van der Waals surface area contributed by atoms with Crippen molar-refractivity contribution in [3.8, 4) is 0 Å². The largest absolute Gasteiger partial charge is 0.330 e. The summed E-state index contributed by atoms with van der Waals surface area (Å²) in [5.74, 6) is 2.32. The quantitative estimate of drug-likeness (QED) is 0.376. The van der Waals surface area contributed by atoms with Gasteiger partial charge in [-0.1, -0.05) is 69.3 Å². The minimum Gasteiger partial charge on any atom is -0.321 e. The van der Waals surface area contributed by atoms with Gasteiger partial charge in [0.15, 0.2) is 11.2 Å². The molecule has 3 aromatic heterocycles. The zero-order valence-corrected chi connectivity index (χ0v) is 19.3. The van der Waals surface area contributed by atoms with Gasteiger partial charge in [-0.25, -0.2) is 14.8 Å². The molecule has 0 spiro atoms. The number of thioether (sulfide) groups is 1. The summed E-state index contributed by atoms with van der Waals surface area (Å²) in [5.41, 5.74) is 0.939. The zero-order valence-electron chi connectivity index (χ0n) is 18.5. The summed E-state index contributed by atoms with van der Waals surface area (Å²) in [6.07, 6.45) is 1.88. The van der Waals surface area contributed by atoms with Crippen LogP contribution in [0.3, 0.4) is 0 Å². The van der Waals surface area contributed by atoms with E-state index in [4.69, 9.17) is 4.98 Å². The van der Waals surface area contributed by atoms with Gasteiger partial charge in [0, 0.05) is 12.5 Å². The Labute approximate surface area is 189 Å². The third kappa shape index (κ3) is 4.55. The van der Waals surface area contributed by atoms with Crippen molar-refractivity contribution < 1.29 is 0 Å². The molecule has 0 fully saturated rings. The Balaban J connectivity index is 1.75. The zero-order chi connectivity index (χ0) is 22.7. The van der Waals surface area contributed by atoms with E-state index in [1.54, 1.807) is 0 Å². The summed E-state index contributed by atoms with van der Waals surface area (Å²) in [6.45, 7) is 7.20. The van der Waals surface area contributed by atoms with Crippen molar-refractivity contribution in [2.75, 3.05) is 0 Å². The maximum Gasteiger partial charge on any atom is 0.330 e. The first-order valence-corrected chi connectivity index (χ1v) is 11.8. The van der Waals surface area contributed by atoms with Crippen LogP contribution in [0.25, 0.3) is 11.2 Å². The van der Waals surface area contributed by atoms with Gasteiger partial charge in [0.25, 0.3) is 5.56 Å². The Bertz CT molecular complexity index is 1320. The fourth-order valence-electron chi connectivity index (χ4n) is 3.51. The summed E-state index contributed by atoms with van der Waals surface area (Å²) < 4.78 is 3.47. The van der Waals surface area contributed by atoms with Crippen molar-refractivity contribution in [1.29, 1.82) is 0 Å². The van der Waals surface area contributed by atoms with Gasteiger partial charge in [0.05, 0.1) is 12.3 Å². The average Bonchev–Trinajstić information content (AvgIpc) is 3.39. The highest BCUT2D eigenvalue weighted by atomic mass is 32.2. The average molecular weight is 454 g/mol. The van der Waals surface area contributed by atoms with Gasteiger partial charge in [-0.3, -0.25) is 19.4 Å². The molecule has 4 rings (SSSR count). The minimum absolute atomic E-state index is 0.261. The summed E-state index contributed by atoms with van der Waals surface area (Å²) in [4.78, 5) is 37.2. The molecule has 0 unspecified atom stereocenters. The third-order valence-corrected chi connectivity index (χ3v) is 6.09. The fraction of sp³-hybridized carbons (Fsp3) is 0.409. The van der Waals surface area contributed by atoms with E-state index in [-0.39, 0.29) is 5.92 Å². The molecule has 1 aromatic carbocycles. The highest BCUT2D eigenvalue weighted by Gasteiger charge is 2.19. The number of unbranched alkanes of at least 4 members (excludes halogenated alkanes) is 1. The van der Waals surface area contributed by atoms with E-state index in [0.717, 1.165) is 30.1 Å². The van der Waals surface area contributed by atoms with Crippen LogP contribution in [-0.4, -0.2) is 34.3 Å². The van der Waals surface area contributed by atoms with Crippen molar-refractivity contribution in [2.45, 2.75) is 63.5 Å². The number of rotatable bonds is 9. The van der Waals surface area contributed by atoms with E-state index < -0.39 is 11.2 Å². The molecule has 2 N–H and O–H groups in total. The van der Waals surface area contributed by atoms with Gasteiger partial charge in [-0.05, 0) is 12.0 Å². The molecule has 0 radical (unpaired) electrons. The van der Waals surface area contributed by atoms with Gasteiger partial charge < -0.3 is 4.57 Å². The molecule has 9 nitrogen and oxygen atoms in total. The Morgan fingerprint density at radius 2 is 1.88 bits per heavy atom. The number of hydrogen-bond donors (Lipinski definition) is 2. The highest BCUT2D eigenvalue weighted by Crippen LogP contribution is 2.23. The number of imidazole rings is 1. The summed E-state index contributed by atoms with van der Waals surface area (Å²) in [6, 6.07) is 9.67. The van der Waals surface area contributed by atoms with Crippen LogP contribution in [0.1, 0.15) is 56.7 Å². The number of nitrogens with zero attached hydrogens (tertiary/aromatic N) is 5. The highest BCUT2D eigenvalue weighted by molar-refractivity contribution is 7.98. The summed E-state index contributed by atoms with van der Waals surface area (Å²) in [7, 11) is 0.